The van der Waals surface area contributed by atoms with Crippen LogP contribution in [0, 0.1) is 10.8 Å². The Hall–Kier alpha value is -3.86. The molecule has 12 heteroatoms. The molecule has 3 amide bonds. The Bertz CT molecular complexity index is 1490. The number of fused-ring (bicyclic) bond motifs is 1. The number of amides is 3. The van der Waals surface area contributed by atoms with E-state index in [9.17, 15) is 19.3 Å². The van der Waals surface area contributed by atoms with Crippen molar-refractivity contribution in [3.63, 3.8) is 0 Å². The van der Waals surface area contributed by atoms with Gasteiger partial charge >= 0.3 is 0 Å². The number of pyridine rings is 1. The molecule has 43 heavy (non-hydrogen) atoms. The fourth-order valence-corrected chi connectivity index (χ4v) is 6.63. The number of carbonyl (C=O) groups is 3. The molecule has 10 nitrogen and oxygen atoms in total. The monoisotopic (exact) mass is 623 g/mol. The fourth-order valence-electron chi connectivity index (χ4n) is 6.11. The Balaban J connectivity index is 1.57. The van der Waals surface area contributed by atoms with Crippen LogP contribution >= 0.6 is 23.2 Å². The van der Waals surface area contributed by atoms with Gasteiger partial charge in [-0.2, -0.15) is 4.91 Å². The largest absolute Gasteiger partial charge is 0.354 e. The van der Waals surface area contributed by atoms with Crippen LogP contribution in [0.5, 0.6) is 0 Å². The Kier molecular flexibility index (Phi) is 10.0. The predicted molar refractivity (Wildman–Crippen MR) is 161 cm³/mol. The van der Waals surface area contributed by atoms with Gasteiger partial charge in [-0.25, -0.2) is 5.48 Å². The van der Waals surface area contributed by atoms with E-state index in [2.05, 4.69) is 21.0 Å². The van der Waals surface area contributed by atoms with E-state index in [1.165, 1.54) is 0 Å². The van der Waals surface area contributed by atoms with Gasteiger partial charge in [0.05, 0.1) is 30.1 Å². The van der Waals surface area contributed by atoms with Crippen molar-refractivity contribution >= 4 is 40.9 Å². The molecule has 0 bridgehead atoms. The van der Waals surface area contributed by atoms with Crippen LogP contribution in [0.15, 0.2) is 72.0 Å². The van der Waals surface area contributed by atoms with E-state index in [0.29, 0.717) is 40.2 Å². The Morgan fingerprint density at radius 3 is 2.56 bits per heavy atom. The molecule has 2 N–H and O–H groups in total. The Labute approximate surface area is 259 Å². The standard InChI is InChI=1S/C31H31Cl2N5O5/c32-19-12-13-23(25(33)17-19)28-27(30(40)37-43-18-20-7-5-6-14-34-20)21-8-1-2-9-22(21)31(41)38(28)26-11-4-3-10-24(26)29(39)35-15-16-36-42/h1-2,5-9,12-14,17,24,26-28H,3-4,10-11,15-16,18H2,(H,35,39)(H,37,40). The first kappa shape index (κ1) is 30.6. The molecule has 2 aliphatic rings. The van der Waals surface area contributed by atoms with Gasteiger partial charge in [-0.3, -0.25) is 24.2 Å². The van der Waals surface area contributed by atoms with Crippen LogP contribution < -0.4 is 10.8 Å². The molecule has 1 saturated carbocycles. The number of rotatable bonds is 10. The van der Waals surface area contributed by atoms with E-state index >= 15 is 0 Å². The zero-order valence-corrected chi connectivity index (χ0v) is 24.8. The quantitative estimate of drug-likeness (QED) is 0.178. The molecule has 5 rings (SSSR count). The first-order valence-electron chi connectivity index (χ1n) is 14.2. The van der Waals surface area contributed by atoms with Crippen molar-refractivity contribution in [3.8, 4) is 0 Å². The summed E-state index contributed by atoms with van der Waals surface area (Å²) < 4.78 is 0. The third-order valence-electron chi connectivity index (χ3n) is 7.98. The van der Waals surface area contributed by atoms with Crippen molar-refractivity contribution < 1.29 is 19.2 Å². The van der Waals surface area contributed by atoms with Gasteiger partial charge in [-0.05, 0) is 54.3 Å². The minimum absolute atomic E-state index is 0.0382. The maximum absolute atomic E-state index is 14.4. The molecule has 0 saturated heterocycles. The van der Waals surface area contributed by atoms with Gasteiger partial charge in [0, 0.05) is 34.4 Å². The highest BCUT2D eigenvalue weighted by molar-refractivity contribution is 6.35. The lowest BCUT2D eigenvalue weighted by atomic mass is 9.75. The van der Waals surface area contributed by atoms with Crippen LogP contribution in [0.25, 0.3) is 0 Å². The van der Waals surface area contributed by atoms with E-state index < -0.39 is 29.8 Å². The van der Waals surface area contributed by atoms with Gasteiger partial charge in [0.2, 0.25) is 5.91 Å². The van der Waals surface area contributed by atoms with Gasteiger partial charge in [0.15, 0.2) is 0 Å². The Morgan fingerprint density at radius 1 is 1.00 bits per heavy atom. The molecule has 2 aromatic carbocycles. The lowest BCUT2D eigenvalue weighted by Crippen LogP contribution is -2.56. The van der Waals surface area contributed by atoms with Gasteiger partial charge in [0.25, 0.3) is 11.8 Å². The third-order valence-corrected chi connectivity index (χ3v) is 8.55. The number of nitroso groups, excluding NO2 is 1. The summed E-state index contributed by atoms with van der Waals surface area (Å²) in [5.41, 5.74) is 4.61. The second-order valence-corrected chi connectivity index (χ2v) is 11.4. The summed E-state index contributed by atoms with van der Waals surface area (Å²) in [6.45, 7) is 0.0901. The van der Waals surface area contributed by atoms with E-state index in [1.807, 2.05) is 6.07 Å². The van der Waals surface area contributed by atoms with Crippen molar-refractivity contribution in [2.24, 2.45) is 11.1 Å². The van der Waals surface area contributed by atoms with Crippen LogP contribution in [-0.2, 0) is 21.0 Å². The summed E-state index contributed by atoms with van der Waals surface area (Å²) in [4.78, 5) is 63.9. The third kappa shape index (κ3) is 6.71. The van der Waals surface area contributed by atoms with Crippen LogP contribution in [0.2, 0.25) is 10.0 Å². The van der Waals surface area contributed by atoms with Gasteiger partial charge < -0.3 is 10.2 Å². The van der Waals surface area contributed by atoms with Crippen molar-refractivity contribution in [2.75, 3.05) is 13.1 Å². The molecule has 1 aromatic heterocycles. The maximum Gasteiger partial charge on any atom is 0.254 e. The number of aromatic nitrogens is 1. The van der Waals surface area contributed by atoms with E-state index in [0.717, 1.165) is 12.8 Å². The van der Waals surface area contributed by atoms with E-state index in [1.54, 1.807) is 65.7 Å². The van der Waals surface area contributed by atoms with Gasteiger partial charge in [-0.15, -0.1) is 0 Å². The number of hydrogen-bond donors (Lipinski definition) is 2. The smallest absolute Gasteiger partial charge is 0.254 e. The second-order valence-electron chi connectivity index (χ2n) is 10.6. The second kappa shape index (κ2) is 14.1. The number of benzene rings is 2. The molecule has 4 unspecified atom stereocenters. The highest BCUT2D eigenvalue weighted by atomic mass is 35.5. The molecule has 3 aromatic rings. The first-order chi connectivity index (χ1) is 20.9. The summed E-state index contributed by atoms with van der Waals surface area (Å²) in [5, 5.41) is 6.31. The van der Waals surface area contributed by atoms with Crippen molar-refractivity contribution in [3.05, 3.63) is 104 Å². The number of carbonyl (C=O) groups excluding carboxylic acids is 3. The van der Waals surface area contributed by atoms with Gasteiger partial charge in [0.1, 0.15) is 6.61 Å². The van der Waals surface area contributed by atoms with Crippen LogP contribution in [0.1, 0.15) is 64.8 Å². The predicted octanol–water partition coefficient (Wildman–Crippen LogP) is 5.36. The fraction of sp³-hybridized carbons (Fsp3) is 0.355. The van der Waals surface area contributed by atoms with Crippen LogP contribution in [0.4, 0.5) is 0 Å². The maximum atomic E-state index is 14.4. The molecule has 1 fully saturated rings. The summed E-state index contributed by atoms with van der Waals surface area (Å²) in [7, 11) is 0. The van der Waals surface area contributed by atoms with Crippen molar-refractivity contribution in [1.29, 1.82) is 0 Å². The minimum Gasteiger partial charge on any atom is -0.354 e. The number of nitrogens with zero attached hydrogens (tertiary/aromatic N) is 3. The number of nitrogens with one attached hydrogen (secondary N) is 2. The lowest BCUT2D eigenvalue weighted by molar-refractivity contribution is -0.138. The van der Waals surface area contributed by atoms with Crippen LogP contribution in [0.3, 0.4) is 0 Å². The molecule has 224 valence electrons. The Morgan fingerprint density at radius 2 is 1.79 bits per heavy atom. The van der Waals surface area contributed by atoms with E-state index in [-0.39, 0.29) is 36.5 Å². The summed E-state index contributed by atoms with van der Waals surface area (Å²) in [6, 6.07) is 15.9. The summed E-state index contributed by atoms with van der Waals surface area (Å²) in [5.74, 6) is -2.54. The number of hydrogen-bond acceptors (Lipinski definition) is 7. The lowest BCUT2D eigenvalue weighted by Gasteiger charge is -2.48. The molecule has 0 spiro atoms. The number of halogens is 2. The summed E-state index contributed by atoms with van der Waals surface area (Å²) >= 11 is 13.0. The molecule has 0 radical (unpaired) electrons. The zero-order chi connectivity index (χ0) is 30.3. The SMILES string of the molecule is O=NCCNC(=O)C1CCCCC1N1C(=O)c2ccccc2C(C(=O)NOCc2ccccn2)C1c1ccc(Cl)cc1Cl. The van der Waals surface area contributed by atoms with Gasteiger partial charge in [-0.1, -0.05) is 71.6 Å². The summed E-state index contributed by atoms with van der Waals surface area (Å²) in [6.07, 6.45) is 4.32. The highest BCUT2D eigenvalue weighted by Gasteiger charge is 2.50. The normalized spacial score (nSPS) is 21.5. The minimum atomic E-state index is -0.929. The highest BCUT2D eigenvalue weighted by Crippen LogP contribution is 2.48. The molecular weight excluding hydrogens is 593 g/mol. The first-order valence-corrected chi connectivity index (χ1v) is 14.9. The van der Waals surface area contributed by atoms with Crippen LogP contribution in [-0.4, -0.2) is 46.7 Å². The molecule has 2 heterocycles. The average Bonchev–Trinajstić information content (AvgIpc) is 3.02. The van der Waals surface area contributed by atoms with Crippen molar-refractivity contribution in [2.45, 2.75) is 50.3 Å². The average molecular weight is 625 g/mol. The van der Waals surface area contributed by atoms with Crippen molar-refractivity contribution in [1.82, 2.24) is 20.7 Å². The molecule has 4 atom stereocenters. The van der Waals surface area contributed by atoms with E-state index in [4.69, 9.17) is 28.0 Å². The topological polar surface area (TPSA) is 130 Å². The molecule has 1 aliphatic carbocycles. The number of hydroxylamine groups is 1. The molecular formula is C31H31Cl2N5O5. The molecule has 1 aliphatic heterocycles. The zero-order valence-electron chi connectivity index (χ0n) is 23.2.